The van der Waals surface area contributed by atoms with E-state index in [0.29, 0.717) is 11.7 Å². The number of nitrogens with one attached hydrogen (secondary N) is 2. The van der Waals surface area contributed by atoms with Gasteiger partial charge in [0.05, 0.1) is 38.6 Å². The van der Waals surface area contributed by atoms with E-state index in [4.69, 9.17) is 5.73 Å². The van der Waals surface area contributed by atoms with Gasteiger partial charge in [-0.2, -0.15) is 9.61 Å². The normalized spacial score (nSPS) is 12.4. The summed E-state index contributed by atoms with van der Waals surface area (Å²) < 4.78 is 1.77. The monoisotopic (exact) mass is 298 g/mol. The van der Waals surface area contributed by atoms with Gasteiger partial charge in [0.15, 0.2) is 5.65 Å². The second-order valence-electron chi connectivity index (χ2n) is 5.28. The molecule has 7 heteroatoms. The van der Waals surface area contributed by atoms with Crippen molar-refractivity contribution >= 4 is 17.2 Å². The molecule has 0 amide bonds. The average molecular weight is 299 g/mol. The highest BCUT2D eigenvalue weighted by Gasteiger charge is 2.14. The Labute approximate surface area is 125 Å². The average Bonchev–Trinajstić information content (AvgIpc) is 2.70. The van der Waals surface area contributed by atoms with Gasteiger partial charge in [-0.05, 0) is 13.3 Å². The van der Waals surface area contributed by atoms with Crippen molar-refractivity contribution in [1.82, 2.24) is 14.6 Å². The summed E-state index contributed by atoms with van der Waals surface area (Å²) in [6.07, 6.45) is 2.70. The zero-order chi connectivity index (χ0) is 14.0. The number of fused-ring (bicyclic) bond motifs is 1. The van der Waals surface area contributed by atoms with Gasteiger partial charge in [0, 0.05) is 11.8 Å². The summed E-state index contributed by atoms with van der Waals surface area (Å²) in [5.74, 6) is 0.951. The van der Waals surface area contributed by atoms with Gasteiger partial charge in [0.1, 0.15) is 5.82 Å². The SMILES string of the molecule is CCC(C[NH+](C)C)Nc1cc(C)nc2c(N)cnn12.[Cl-]. The van der Waals surface area contributed by atoms with Crippen LogP contribution in [0.1, 0.15) is 19.0 Å². The zero-order valence-electron chi connectivity index (χ0n) is 12.4. The van der Waals surface area contributed by atoms with E-state index in [2.05, 4.69) is 36.4 Å². The van der Waals surface area contributed by atoms with Crippen LogP contribution >= 0.6 is 0 Å². The van der Waals surface area contributed by atoms with Crippen molar-refractivity contribution in [3.8, 4) is 0 Å². The van der Waals surface area contributed by atoms with Crippen LogP contribution in [-0.2, 0) is 0 Å². The fourth-order valence-corrected chi connectivity index (χ4v) is 2.20. The van der Waals surface area contributed by atoms with Crippen molar-refractivity contribution in [2.24, 2.45) is 0 Å². The summed E-state index contributed by atoms with van der Waals surface area (Å²) in [6, 6.07) is 2.41. The largest absolute Gasteiger partial charge is 1.00 e. The summed E-state index contributed by atoms with van der Waals surface area (Å²) in [4.78, 5) is 5.84. The highest BCUT2D eigenvalue weighted by atomic mass is 35.5. The van der Waals surface area contributed by atoms with Crippen LogP contribution in [0.4, 0.5) is 11.5 Å². The van der Waals surface area contributed by atoms with Gasteiger partial charge < -0.3 is 28.4 Å². The molecule has 2 aromatic heterocycles. The lowest BCUT2D eigenvalue weighted by atomic mass is 10.2. The highest BCUT2D eigenvalue weighted by Crippen LogP contribution is 2.17. The Bertz CT molecular complexity index is 565. The lowest BCUT2D eigenvalue weighted by Gasteiger charge is -2.20. The maximum atomic E-state index is 5.88. The Kier molecular flexibility index (Phi) is 5.59. The maximum Gasteiger partial charge on any atom is 0.180 e. The second-order valence-corrected chi connectivity index (χ2v) is 5.28. The number of quaternary nitrogens is 1. The second kappa shape index (κ2) is 6.76. The smallest absolute Gasteiger partial charge is 0.180 e. The van der Waals surface area contributed by atoms with E-state index in [1.165, 1.54) is 4.90 Å². The van der Waals surface area contributed by atoms with E-state index in [1.54, 1.807) is 10.7 Å². The Morgan fingerprint density at radius 1 is 1.45 bits per heavy atom. The molecule has 0 bridgehead atoms. The van der Waals surface area contributed by atoms with E-state index in [1.807, 2.05) is 13.0 Å². The Morgan fingerprint density at radius 3 is 2.75 bits per heavy atom. The molecule has 0 aliphatic carbocycles. The third-order valence-corrected chi connectivity index (χ3v) is 3.13. The number of hydrogen-bond donors (Lipinski definition) is 3. The number of hydrogen-bond acceptors (Lipinski definition) is 4. The Balaban J connectivity index is 0.00000200. The van der Waals surface area contributed by atoms with E-state index in [0.717, 1.165) is 30.1 Å². The van der Waals surface area contributed by atoms with Crippen molar-refractivity contribution < 1.29 is 17.3 Å². The minimum Gasteiger partial charge on any atom is -1.00 e. The molecular weight excluding hydrogens is 276 g/mol. The van der Waals surface area contributed by atoms with Crippen LogP contribution in [0.25, 0.3) is 5.65 Å². The molecule has 0 aliphatic heterocycles. The molecule has 112 valence electrons. The van der Waals surface area contributed by atoms with E-state index < -0.39 is 0 Å². The number of likely N-dealkylation sites (N-methyl/N-ethyl adjacent to an activating group) is 1. The van der Waals surface area contributed by atoms with Gasteiger partial charge in [-0.15, -0.1) is 0 Å². The number of aryl methyl sites for hydroxylation is 1. The van der Waals surface area contributed by atoms with Crippen LogP contribution in [0.3, 0.4) is 0 Å². The summed E-state index contributed by atoms with van der Waals surface area (Å²) >= 11 is 0. The van der Waals surface area contributed by atoms with Crippen molar-refractivity contribution in [3.63, 3.8) is 0 Å². The Hall–Kier alpha value is -1.53. The fraction of sp³-hybridized carbons (Fsp3) is 0.538. The molecule has 0 saturated carbocycles. The summed E-state index contributed by atoms with van der Waals surface area (Å²) in [6.45, 7) is 5.20. The first-order valence-corrected chi connectivity index (χ1v) is 6.67. The van der Waals surface area contributed by atoms with Gasteiger partial charge >= 0.3 is 0 Å². The lowest BCUT2D eigenvalue weighted by Crippen LogP contribution is -3.07. The number of rotatable bonds is 5. The van der Waals surface area contributed by atoms with Crippen molar-refractivity contribution in [2.45, 2.75) is 26.3 Å². The third-order valence-electron chi connectivity index (χ3n) is 3.13. The minimum absolute atomic E-state index is 0. The van der Waals surface area contributed by atoms with Crippen molar-refractivity contribution in [2.75, 3.05) is 31.7 Å². The molecule has 0 saturated heterocycles. The van der Waals surface area contributed by atoms with Crippen LogP contribution in [0, 0.1) is 6.92 Å². The number of halogens is 1. The first-order chi connectivity index (χ1) is 9.01. The number of nitrogen functional groups attached to an aromatic ring is 1. The molecule has 6 nitrogen and oxygen atoms in total. The van der Waals surface area contributed by atoms with Gasteiger partial charge in [-0.25, -0.2) is 4.98 Å². The first-order valence-electron chi connectivity index (χ1n) is 6.67. The van der Waals surface area contributed by atoms with Gasteiger partial charge in [0.25, 0.3) is 0 Å². The molecule has 0 fully saturated rings. The van der Waals surface area contributed by atoms with Crippen molar-refractivity contribution in [1.29, 1.82) is 0 Å². The fourth-order valence-electron chi connectivity index (χ4n) is 2.20. The van der Waals surface area contributed by atoms with E-state index in [-0.39, 0.29) is 12.4 Å². The van der Waals surface area contributed by atoms with E-state index in [9.17, 15) is 0 Å². The maximum absolute atomic E-state index is 5.88. The third kappa shape index (κ3) is 3.52. The Morgan fingerprint density at radius 2 is 2.15 bits per heavy atom. The van der Waals surface area contributed by atoms with Crippen molar-refractivity contribution in [3.05, 3.63) is 18.0 Å². The number of nitrogens with two attached hydrogens (primary N) is 1. The number of anilines is 2. The summed E-state index contributed by atoms with van der Waals surface area (Å²) in [5, 5.41) is 7.83. The molecular formula is C13H23ClN6. The number of aromatic nitrogens is 3. The molecule has 0 aromatic carbocycles. The molecule has 0 spiro atoms. The molecule has 1 atom stereocenters. The molecule has 2 aromatic rings. The van der Waals surface area contributed by atoms with Crippen LogP contribution in [0.5, 0.6) is 0 Å². The van der Waals surface area contributed by atoms with Crippen LogP contribution < -0.4 is 28.4 Å². The molecule has 4 N–H and O–H groups in total. The first kappa shape index (κ1) is 16.5. The van der Waals surface area contributed by atoms with Crippen LogP contribution in [0.2, 0.25) is 0 Å². The standard InChI is InChI=1S/C13H22N6.ClH/c1-5-10(8-18(3)4)17-12-6-9(2)16-13-11(14)7-15-19(12)13;/h6-7,10,17H,5,8,14H2,1-4H3;1H. The topological polar surface area (TPSA) is 72.7 Å². The summed E-state index contributed by atoms with van der Waals surface area (Å²) in [7, 11) is 4.31. The molecule has 2 heterocycles. The van der Waals surface area contributed by atoms with Gasteiger partial charge in [-0.1, -0.05) is 6.92 Å². The van der Waals surface area contributed by atoms with Crippen LogP contribution in [-0.4, -0.2) is 41.3 Å². The quantitative estimate of drug-likeness (QED) is 0.549. The zero-order valence-corrected chi connectivity index (χ0v) is 13.2. The minimum atomic E-state index is 0. The van der Waals surface area contributed by atoms with E-state index >= 15 is 0 Å². The number of nitrogens with zero attached hydrogens (tertiary/aromatic N) is 3. The molecule has 1 unspecified atom stereocenters. The van der Waals surface area contributed by atoms with Gasteiger partial charge in [-0.3, -0.25) is 0 Å². The lowest BCUT2D eigenvalue weighted by molar-refractivity contribution is -0.858. The molecule has 2 rings (SSSR count). The summed E-state index contributed by atoms with van der Waals surface area (Å²) in [5.41, 5.74) is 8.15. The predicted molar refractivity (Wildman–Crippen MR) is 77.5 cm³/mol. The highest BCUT2D eigenvalue weighted by molar-refractivity contribution is 5.66. The molecule has 20 heavy (non-hydrogen) atoms. The predicted octanol–water partition coefficient (Wildman–Crippen LogP) is -3.04. The molecule has 0 aliphatic rings. The van der Waals surface area contributed by atoms with Gasteiger partial charge in [0.2, 0.25) is 0 Å². The van der Waals surface area contributed by atoms with Crippen LogP contribution in [0.15, 0.2) is 12.3 Å². The molecule has 0 radical (unpaired) electrons.